The maximum absolute atomic E-state index is 12.9. The number of amides is 1. The Labute approximate surface area is 175 Å². The van der Waals surface area contributed by atoms with Gasteiger partial charge in [-0.2, -0.15) is 0 Å². The number of sulfonamides is 1. The average molecular weight is 435 g/mol. The Bertz CT molecular complexity index is 1070. The topological polar surface area (TPSA) is 75.7 Å². The van der Waals surface area contributed by atoms with Crippen molar-refractivity contribution < 1.29 is 17.9 Å². The Morgan fingerprint density at radius 2 is 1.97 bits per heavy atom. The standard InChI is InChI=1S/C21H23ClN2O4S/c1-13(15-7-6-14-4-3-5-16(14)10-15)23-21(25)20-12-24(29(2,26)27)18-11-17(22)8-9-19(18)28-20/h6-11,13,20H,3-5,12H2,1-2H3,(H,23,25)/t13-,20+/m0/s1. The van der Waals surface area contributed by atoms with E-state index in [0.717, 1.165) is 24.7 Å². The molecule has 6 nitrogen and oxygen atoms in total. The molecule has 0 bridgehead atoms. The van der Waals surface area contributed by atoms with Gasteiger partial charge in [0.2, 0.25) is 10.0 Å². The van der Waals surface area contributed by atoms with Gasteiger partial charge in [0, 0.05) is 5.02 Å². The monoisotopic (exact) mass is 434 g/mol. The molecule has 0 radical (unpaired) electrons. The molecule has 1 aliphatic carbocycles. The van der Waals surface area contributed by atoms with E-state index in [-0.39, 0.29) is 18.5 Å². The van der Waals surface area contributed by atoms with Crippen LogP contribution < -0.4 is 14.4 Å². The van der Waals surface area contributed by atoms with Crippen LogP contribution in [0.4, 0.5) is 5.69 Å². The van der Waals surface area contributed by atoms with E-state index in [4.69, 9.17) is 16.3 Å². The zero-order chi connectivity index (χ0) is 20.8. The fourth-order valence-corrected chi connectivity index (χ4v) is 5.00. The second-order valence-corrected chi connectivity index (χ2v) is 9.97. The summed E-state index contributed by atoms with van der Waals surface area (Å²) in [5.41, 5.74) is 4.09. The Balaban J connectivity index is 1.53. The van der Waals surface area contributed by atoms with Gasteiger partial charge in [-0.05, 0) is 61.1 Å². The predicted molar refractivity (Wildman–Crippen MR) is 113 cm³/mol. The Morgan fingerprint density at radius 3 is 2.72 bits per heavy atom. The Kier molecular flexibility index (Phi) is 5.21. The molecule has 2 aliphatic rings. The number of nitrogens with zero attached hydrogens (tertiary/aromatic N) is 1. The minimum atomic E-state index is -3.60. The van der Waals surface area contributed by atoms with E-state index in [1.54, 1.807) is 12.1 Å². The molecule has 2 aromatic rings. The number of hydrogen-bond acceptors (Lipinski definition) is 4. The first-order valence-corrected chi connectivity index (χ1v) is 11.8. The highest BCUT2D eigenvalue weighted by Gasteiger charge is 2.35. The SMILES string of the molecule is C[C@H](NC(=O)[C@H]1CN(S(C)(=O)=O)c2cc(Cl)ccc2O1)c1ccc2c(c1)CCC2. The summed E-state index contributed by atoms with van der Waals surface area (Å²) in [6.45, 7) is 1.81. The Morgan fingerprint density at radius 1 is 1.21 bits per heavy atom. The third kappa shape index (κ3) is 4.07. The minimum Gasteiger partial charge on any atom is -0.476 e. The molecular formula is C21H23ClN2O4S. The molecule has 1 heterocycles. The second kappa shape index (κ2) is 7.54. The van der Waals surface area contributed by atoms with E-state index in [2.05, 4.69) is 17.4 Å². The molecule has 0 aromatic heterocycles. The zero-order valence-corrected chi connectivity index (χ0v) is 17.9. The van der Waals surface area contributed by atoms with Gasteiger partial charge in [0.15, 0.2) is 6.10 Å². The molecule has 2 atom stereocenters. The molecule has 1 N–H and O–H groups in total. The van der Waals surface area contributed by atoms with E-state index < -0.39 is 16.1 Å². The van der Waals surface area contributed by atoms with Crippen LogP contribution in [0.15, 0.2) is 36.4 Å². The zero-order valence-electron chi connectivity index (χ0n) is 16.3. The normalized spacial score (nSPS) is 19.1. The molecular weight excluding hydrogens is 412 g/mol. The molecule has 4 rings (SSSR count). The van der Waals surface area contributed by atoms with Gasteiger partial charge in [-0.1, -0.05) is 29.8 Å². The molecule has 0 spiro atoms. The number of rotatable bonds is 4. The summed E-state index contributed by atoms with van der Waals surface area (Å²) in [5.74, 6) is -0.0383. The first kappa shape index (κ1) is 20.0. The Hall–Kier alpha value is -2.25. The summed E-state index contributed by atoms with van der Waals surface area (Å²) in [6, 6.07) is 10.8. The van der Waals surface area contributed by atoms with Gasteiger partial charge in [-0.15, -0.1) is 0 Å². The highest BCUT2D eigenvalue weighted by atomic mass is 35.5. The average Bonchev–Trinajstić information content (AvgIpc) is 3.14. The summed E-state index contributed by atoms with van der Waals surface area (Å²) in [7, 11) is -3.60. The minimum absolute atomic E-state index is 0.102. The lowest BCUT2D eigenvalue weighted by molar-refractivity contribution is -0.128. The van der Waals surface area contributed by atoms with Crippen molar-refractivity contribution in [2.75, 3.05) is 17.1 Å². The summed E-state index contributed by atoms with van der Waals surface area (Å²) in [6.07, 6.45) is 3.50. The number of nitrogens with one attached hydrogen (secondary N) is 1. The van der Waals surface area contributed by atoms with Crippen molar-refractivity contribution >= 4 is 33.2 Å². The summed E-state index contributed by atoms with van der Waals surface area (Å²) in [4.78, 5) is 12.9. The van der Waals surface area contributed by atoms with Gasteiger partial charge in [0.25, 0.3) is 5.91 Å². The van der Waals surface area contributed by atoms with Crippen molar-refractivity contribution in [3.05, 3.63) is 58.1 Å². The van der Waals surface area contributed by atoms with Crippen LogP contribution in [0.2, 0.25) is 5.02 Å². The lowest BCUT2D eigenvalue weighted by atomic mass is 10.0. The maximum Gasteiger partial charge on any atom is 0.263 e. The molecule has 29 heavy (non-hydrogen) atoms. The molecule has 0 fully saturated rings. The van der Waals surface area contributed by atoms with E-state index in [1.807, 2.05) is 13.0 Å². The first-order chi connectivity index (χ1) is 13.7. The molecule has 2 aromatic carbocycles. The first-order valence-electron chi connectivity index (χ1n) is 9.58. The number of ether oxygens (including phenoxy) is 1. The van der Waals surface area contributed by atoms with Crippen molar-refractivity contribution in [2.45, 2.75) is 38.3 Å². The van der Waals surface area contributed by atoms with E-state index in [1.165, 1.54) is 27.9 Å². The third-order valence-corrected chi connectivity index (χ3v) is 6.85. The molecule has 154 valence electrons. The van der Waals surface area contributed by atoms with Crippen LogP contribution >= 0.6 is 11.6 Å². The number of hydrogen-bond donors (Lipinski definition) is 1. The fraction of sp³-hybridized carbons (Fsp3) is 0.381. The summed E-state index contributed by atoms with van der Waals surface area (Å²) in [5, 5.41) is 3.36. The lowest BCUT2D eigenvalue weighted by Crippen LogP contribution is -2.50. The highest BCUT2D eigenvalue weighted by Crippen LogP contribution is 2.37. The number of aryl methyl sites for hydroxylation is 2. The number of carbonyl (C=O) groups is 1. The van der Waals surface area contributed by atoms with E-state index >= 15 is 0 Å². The maximum atomic E-state index is 12.9. The van der Waals surface area contributed by atoms with Crippen molar-refractivity contribution in [1.29, 1.82) is 0 Å². The fourth-order valence-electron chi connectivity index (χ4n) is 3.93. The highest BCUT2D eigenvalue weighted by molar-refractivity contribution is 7.92. The predicted octanol–water partition coefficient (Wildman–Crippen LogP) is 3.23. The number of carbonyl (C=O) groups excluding carboxylic acids is 1. The van der Waals surface area contributed by atoms with Crippen molar-refractivity contribution in [3.63, 3.8) is 0 Å². The second-order valence-electron chi connectivity index (χ2n) is 7.62. The smallest absolute Gasteiger partial charge is 0.263 e. The molecule has 1 amide bonds. The lowest BCUT2D eigenvalue weighted by Gasteiger charge is -2.34. The summed E-state index contributed by atoms with van der Waals surface area (Å²) < 4.78 is 31.5. The molecule has 0 saturated carbocycles. The quantitative estimate of drug-likeness (QED) is 0.801. The van der Waals surface area contributed by atoms with E-state index in [9.17, 15) is 13.2 Å². The summed E-state index contributed by atoms with van der Waals surface area (Å²) >= 11 is 6.01. The van der Waals surface area contributed by atoms with Crippen LogP contribution in [-0.2, 0) is 27.7 Å². The number of benzene rings is 2. The van der Waals surface area contributed by atoms with Gasteiger partial charge in [-0.3, -0.25) is 9.10 Å². The van der Waals surface area contributed by atoms with Gasteiger partial charge >= 0.3 is 0 Å². The van der Waals surface area contributed by atoms with Crippen LogP contribution in [0.3, 0.4) is 0 Å². The van der Waals surface area contributed by atoms with Gasteiger partial charge < -0.3 is 10.1 Å². The van der Waals surface area contributed by atoms with Gasteiger partial charge in [0.05, 0.1) is 24.5 Å². The van der Waals surface area contributed by atoms with Crippen molar-refractivity contribution in [1.82, 2.24) is 5.32 Å². The molecule has 8 heteroatoms. The van der Waals surface area contributed by atoms with Gasteiger partial charge in [0.1, 0.15) is 5.75 Å². The molecule has 0 saturated heterocycles. The number of anilines is 1. The largest absolute Gasteiger partial charge is 0.476 e. The van der Waals surface area contributed by atoms with Crippen LogP contribution in [0, 0.1) is 0 Å². The number of halogens is 1. The van der Waals surface area contributed by atoms with Crippen molar-refractivity contribution in [3.8, 4) is 5.75 Å². The molecule has 0 unspecified atom stereocenters. The van der Waals surface area contributed by atoms with Crippen LogP contribution in [0.5, 0.6) is 5.75 Å². The van der Waals surface area contributed by atoms with E-state index in [0.29, 0.717) is 16.5 Å². The number of fused-ring (bicyclic) bond motifs is 2. The van der Waals surface area contributed by atoms with Crippen LogP contribution in [0.1, 0.15) is 36.1 Å². The van der Waals surface area contributed by atoms with Crippen molar-refractivity contribution in [2.24, 2.45) is 0 Å². The molecule has 1 aliphatic heterocycles. The van der Waals surface area contributed by atoms with Crippen LogP contribution in [-0.4, -0.2) is 33.2 Å². The van der Waals surface area contributed by atoms with Crippen LogP contribution in [0.25, 0.3) is 0 Å². The van der Waals surface area contributed by atoms with Gasteiger partial charge in [-0.25, -0.2) is 8.42 Å². The third-order valence-electron chi connectivity index (χ3n) is 5.46.